The largest absolute Gasteiger partial charge is 0.378 e. The molecule has 2 aromatic heterocycles. The summed E-state index contributed by atoms with van der Waals surface area (Å²) in [5, 5.41) is 12.2. The van der Waals surface area contributed by atoms with Crippen molar-refractivity contribution in [1.29, 1.82) is 5.26 Å². The third kappa shape index (κ3) is 6.70. The molecule has 1 unspecified atom stereocenters. The molecule has 200 valence electrons. The number of nitrogens with zero attached hydrogens (tertiary/aromatic N) is 6. The van der Waals surface area contributed by atoms with Crippen molar-refractivity contribution in [2.24, 2.45) is 0 Å². The van der Waals surface area contributed by atoms with Crippen LogP contribution in [0.25, 0.3) is 0 Å². The van der Waals surface area contributed by atoms with Gasteiger partial charge in [0.2, 0.25) is 5.91 Å². The van der Waals surface area contributed by atoms with Crippen molar-refractivity contribution in [3.05, 3.63) is 46.8 Å². The smallest absolute Gasteiger partial charge is 0.328 e. The lowest BCUT2D eigenvalue weighted by atomic mass is 9.99. The van der Waals surface area contributed by atoms with Crippen LogP contribution < -0.4 is 10.2 Å². The average Bonchev–Trinajstić information content (AvgIpc) is 2.93. The van der Waals surface area contributed by atoms with Crippen molar-refractivity contribution in [1.82, 2.24) is 19.8 Å². The molecule has 4 rings (SSSR count). The van der Waals surface area contributed by atoms with Gasteiger partial charge in [-0.15, -0.1) is 0 Å². The maximum atomic E-state index is 13.0. The van der Waals surface area contributed by atoms with Crippen LogP contribution >= 0.6 is 0 Å². The molecule has 0 aliphatic carbocycles. The highest BCUT2D eigenvalue weighted by atomic mass is 16.5. The van der Waals surface area contributed by atoms with Gasteiger partial charge >= 0.3 is 6.03 Å². The van der Waals surface area contributed by atoms with Crippen molar-refractivity contribution in [2.75, 3.05) is 50.6 Å². The van der Waals surface area contributed by atoms with Crippen LogP contribution in [-0.4, -0.2) is 84.4 Å². The fraction of sp³-hybridized carbons (Fsp3) is 0.481. The first-order valence-corrected chi connectivity index (χ1v) is 12.8. The lowest BCUT2D eigenvalue weighted by Crippen LogP contribution is -2.48. The Kier molecular flexibility index (Phi) is 8.99. The van der Waals surface area contributed by atoms with E-state index in [0.717, 1.165) is 44.4 Å². The summed E-state index contributed by atoms with van der Waals surface area (Å²) in [7, 11) is 3.44. The molecule has 11 nitrogen and oxygen atoms in total. The Balaban J connectivity index is 1.41. The Morgan fingerprint density at radius 3 is 2.87 bits per heavy atom. The van der Waals surface area contributed by atoms with E-state index >= 15 is 0 Å². The van der Waals surface area contributed by atoms with Crippen molar-refractivity contribution in [3.63, 3.8) is 0 Å². The zero-order chi connectivity index (χ0) is 27.1. The number of ether oxygens (including phenoxy) is 1. The van der Waals surface area contributed by atoms with E-state index in [4.69, 9.17) is 4.74 Å². The number of amides is 3. The molecule has 1 N–H and O–H groups in total. The molecule has 0 spiro atoms. The number of pyridine rings is 2. The molecule has 0 bridgehead atoms. The molecular weight excluding hydrogens is 486 g/mol. The van der Waals surface area contributed by atoms with E-state index in [2.05, 4.69) is 21.4 Å². The molecule has 2 aromatic rings. The summed E-state index contributed by atoms with van der Waals surface area (Å²) in [5.74, 6) is 0.597. The number of piperazine rings is 1. The van der Waals surface area contributed by atoms with E-state index < -0.39 is 6.03 Å². The first-order chi connectivity index (χ1) is 18.4. The number of aromatic nitrogens is 2. The summed E-state index contributed by atoms with van der Waals surface area (Å²) < 4.78 is 5.80. The quantitative estimate of drug-likeness (QED) is 0.527. The summed E-state index contributed by atoms with van der Waals surface area (Å²) in [6.07, 6.45) is 6.98. The number of urea groups is 1. The molecule has 3 amide bonds. The van der Waals surface area contributed by atoms with Crippen LogP contribution in [-0.2, 0) is 22.5 Å². The minimum absolute atomic E-state index is 0.00303. The van der Waals surface area contributed by atoms with Crippen LogP contribution in [0.15, 0.2) is 24.4 Å². The van der Waals surface area contributed by atoms with Crippen molar-refractivity contribution in [2.45, 2.75) is 44.8 Å². The van der Waals surface area contributed by atoms with Crippen LogP contribution in [0.5, 0.6) is 0 Å². The zero-order valence-corrected chi connectivity index (χ0v) is 21.9. The van der Waals surface area contributed by atoms with Crippen molar-refractivity contribution >= 4 is 29.9 Å². The standard InChI is InChI=1S/C27H33N7O4/c1-32-10-11-34(26(36)17-32)16-20-7-9-25(30-23(20)18-35)33(2)27(37)31-24-13-19(21(14-28)15-29-24)6-8-22-5-3-4-12-38-22/h7,9,13,15,18,22H,3-6,8,10-12,16-17H2,1-2H3,(H,29,31,37). The molecule has 2 aliphatic rings. The van der Waals surface area contributed by atoms with Gasteiger partial charge in [0, 0.05) is 45.0 Å². The van der Waals surface area contributed by atoms with Gasteiger partial charge in [0.1, 0.15) is 23.4 Å². The van der Waals surface area contributed by atoms with Crippen LogP contribution in [0.1, 0.15) is 52.9 Å². The van der Waals surface area contributed by atoms with Gasteiger partial charge in [-0.3, -0.25) is 24.7 Å². The molecular formula is C27H33N7O4. The summed E-state index contributed by atoms with van der Waals surface area (Å²) in [5.41, 5.74) is 2.08. The second-order valence-corrected chi connectivity index (χ2v) is 9.74. The normalized spacial score (nSPS) is 18.1. The van der Waals surface area contributed by atoms with E-state index in [-0.39, 0.29) is 30.1 Å². The van der Waals surface area contributed by atoms with Crippen molar-refractivity contribution in [3.8, 4) is 6.07 Å². The summed E-state index contributed by atoms with van der Waals surface area (Å²) in [6.45, 7) is 2.73. The Hall–Kier alpha value is -3.88. The average molecular weight is 520 g/mol. The van der Waals surface area contributed by atoms with E-state index in [1.807, 2.05) is 11.9 Å². The number of nitrogens with one attached hydrogen (secondary N) is 1. The predicted molar refractivity (Wildman–Crippen MR) is 141 cm³/mol. The zero-order valence-electron chi connectivity index (χ0n) is 21.9. The van der Waals surface area contributed by atoms with Gasteiger partial charge in [0.05, 0.1) is 18.2 Å². The van der Waals surface area contributed by atoms with Crippen LogP contribution in [0.2, 0.25) is 0 Å². The maximum Gasteiger partial charge on any atom is 0.328 e. The number of hydrogen-bond donors (Lipinski definition) is 1. The van der Waals surface area contributed by atoms with Crippen molar-refractivity contribution < 1.29 is 19.1 Å². The van der Waals surface area contributed by atoms with Crippen LogP contribution in [0.3, 0.4) is 0 Å². The Morgan fingerprint density at radius 1 is 1.32 bits per heavy atom. The number of hydrogen-bond acceptors (Lipinski definition) is 8. The summed E-state index contributed by atoms with van der Waals surface area (Å²) in [4.78, 5) is 50.6. The number of aryl methyl sites for hydroxylation is 1. The Morgan fingerprint density at radius 2 is 2.16 bits per heavy atom. The number of nitriles is 1. The molecule has 1 atom stereocenters. The molecule has 11 heteroatoms. The first kappa shape index (κ1) is 27.2. The SMILES string of the molecule is CN1CCN(Cc2ccc(N(C)C(=O)Nc3cc(CCC4CCCCO4)c(C#N)cn3)nc2C=O)C(=O)C1. The molecule has 38 heavy (non-hydrogen) atoms. The van der Waals surface area contributed by atoms with Gasteiger partial charge in [0.25, 0.3) is 0 Å². The third-order valence-electron chi connectivity index (χ3n) is 6.98. The molecule has 2 fully saturated rings. The molecule has 0 aromatic carbocycles. The number of carbonyl (C=O) groups excluding carboxylic acids is 3. The van der Waals surface area contributed by atoms with Crippen LogP contribution in [0.4, 0.5) is 16.4 Å². The molecule has 2 aliphatic heterocycles. The maximum absolute atomic E-state index is 13.0. The van der Waals surface area contributed by atoms with Gasteiger partial charge in [0.15, 0.2) is 6.29 Å². The first-order valence-electron chi connectivity index (χ1n) is 12.8. The van der Waals surface area contributed by atoms with Gasteiger partial charge in [-0.1, -0.05) is 6.07 Å². The van der Waals surface area contributed by atoms with E-state index in [0.29, 0.717) is 42.7 Å². The highest BCUT2D eigenvalue weighted by Crippen LogP contribution is 2.22. The molecule has 0 radical (unpaired) electrons. The number of likely N-dealkylation sites (N-methyl/N-ethyl adjacent to an activating group) is 1. The highest BCUT2D eigenvalue weighted by molar-refractivity contribution is 6.00. The number of carbonyl (C=O) groups is 3. The molecule has 0 saturated carbocycles. The van der Waals surface area contributed by atoms with E-state index in [9.17, 15) is 19.6 Å². The minimum atomic E-state index is -0.491. The predicted octanol–water partition coefficient (Wildman–Crippen LogP) is 2.60. The lowest BCUT2D eigenvalue weighted by Gasteiger charge is -2.32. The number of aldehydes is 1. The summed E-state index contributed by atoms with van der Waals surface area (Å²) in [6, 6.07) is 6.75. The Labute approximate surface area is 222 Å². The minimum Gasteiger partial charge on any atom is -0.378 e. The second kappa shape index (κ2) is 12.6. The van der Waals surface area contributed by atoms with Gasteiger partial charge in [-0.25, -0.2) is 14.8 Å². The fourth-order valence-electron chi connectivity index (χ4n) is 4.64. The van der Waals surface area contributed by atoms with E-state index in [1.54, 1.807) is 30.1 Å². The van der Waals surface area contributed by atoms with Gasteiger partial charge < -0.3 is 9.64 Å². The fourth-order valence-corrected chi connectivity index (χ4v) is 4.64. The third-order valence-corrected chi connectivity index (χ3v) is 6.98. The molecule has 4 heterocycles. The highest BCUT2D eigenvalue weighted by Gasteiger charge is 2.23. The van der Waals surface area contributed by atoms with Gasteiger partial charge in [-0.2, -0.15) is 5.26 Å². The van der Waals surface area contributed by atoms with Crippen LogP contribution in [0, 0.1) is 11.3 Å². The topological polar surface area (TPSA) is 132 Å². The lowest BCUT2D eigenvalue weighted by molar-refractivity contribution is -0.136. The second-order valence-electron chi connectivity index (χ2n) is 9.74. The summed E-state index contributed by atoms with van der Waals surface area (Å²) >= 11 is 0. The number of rotatable bonds is 8. The monoisotopic (exact) mass is 519 g/mol. The molecule has 2 saturated heterocycles. The number of anilines is 2. The van der Waals surface area contributed by atoms with E-state index in [1.165, 1.54) is 11.1 Å². The Bertz CT molecular complexity index is 1220. The van der Waals surface area contributed by atoms with Gasteiger partial charge in [-0.05, 0) is 56.8 Å².